The maximum absolute atomic E-state index is 13.7. The fourth-order valence-electron chi connectivity index (χ4n) is 3.40. The molecular weight excluding hydrogens is 448 g/mol. The van der Waals surface area contributed by atoms with Gasteiger partial charge in [0.15, 0.2) is 0 Å². The number of amides is 1. The Hall–Kier alpha value is -3.03. The van der Waals surface area contributed by atoms with Gasteiger partial charge in [-0.25, -0.2) is 8.42 Å². The number of carbonyl (C=O) groups is 1. The second kappa shape index (κ2) is 9.63. The summed E-state index contributed by atoms with van der Waals surface area (Å²) in [5, 5.41) is 3.25. The molecule has 0 fully saturated rings. The molecule has 8 heteroatoms. The third-order valence-electron chi connectivity index (χ3n) is 4.79. The maximum atomic E-state index is 13.7. The van der Waals surface area contributed by atoms with E-state index in [9.17, 15) is 13.2 Å². The fourth-order valence-corrected chi connectivity index (χ4v) is 5.19. The normalized spacial score (nSPS) is 11.2. The number of aryl methyl sites for hydroxylation is 3. The minimum Gasteiger partial charge on any atom is -0.495 e. The number of hydrogen-bond donors (Lipinski definition) is 1. The van der Waals surface area contributed by atoms with Crippen molar-refractivity contribution < 1.29 is 17.9 Å². The number of benzene rings is 3. The molecule has 0 saturated carbocycles. The van der Waals surface area contributed by atoms with Gasteiger partial charge >= 0.3 is 0 Å². The van der Waals surface area contributed by atoms with E-state index in [2.05, 4.69) is 5.32 Å². The second-order valence-electron chi connectivity index (χ2n) is 7.57. The number of nitrogens with one attached hydrogen (secondary N) is 1. The molecule has 3 rings (SSSR count). The van der Waals surface area contributed by atoms with Crippen LogP contribution in [0.2, 0.25) is 5.02 Å². The van der Waals surface area contributed by atoms with Gasteiger partial charge in [-0.3, -0.25) is 9.10 Å². The van der Waals surface area contributed by atoms with Crippen LogP contribution in [-0.2, 0) is 14.8 Å². The van der Waals surface area contributed by atoms with E-state index in [0.717, 1.165) is 21.0 Å². The molecule has 3 aromatic rings. The topological polar surface area (TPSA) is 75.7 Å². The van der Waals surface area contributed by atoms with Crippen molar-refractivity contribution in [2.75, 3.05) is 23.3 Å². The van der Waals surface area contributed by atoms with Crippen molar-refractivity contribution in [3.8, 4) is 5.75 Å². The van der Waals surface area contributed by atoms with Gasteiger partial charge in [0.1, 0.15) is 17.2 Å². The van der Waals surface area contributed by atoms with E-state index in [0.29, 0.717) is 16.4 Å². The third-order valence-corrected chi connectivity index (χ3v) is 6.84. The van der Waals surface area contributed by atoms with Gasteiger partial charge in [0, 0.05) is 10.7 Å². The summed E-state index contributed by atoms with van der Waals surface area (Å²) < 4.78 is 33.7. The monoisotopic (exact) mass is 472 g/mol. The van der Waals surface area contributed by atoms with Crippen molar-refractivity contribution in [2.45, 2.75) is 25.7 Å². The van der Waals surface area contributed by atoms with Crippen LogP contribution >= 0.6 is 11.6 Å². The van der Waals surface area contributed by atoms with E-state index in [1.54, 1.807) is 43.3 Å². The van der Waals surface area contributed by atoms with Crippen molar-refractivity contribution in [1.29, 1.82) is 0 Å². The lowest BCUT2D eigenvalue weighted by atomic mass is 10.1. The summed E-state index contributed by atoms with van der Waals surface area (Å²) in [7, 11) is -2.73. The first kappa shape index (κ1) is 23.6. The van der Waals surface area contributed by atoms with E-state index in [-0.39, 0.29) is 10.6 Å². The summed E-state index contributed by atoms with van der Waals surface area (Å²) in [5.41, 5.74) is 3.65. The number of rotatable bonds is 7. The molecule has 1 amide bonds. The molecule has 0 aliphatic heterocycles. The number of anilines is 2. The first-order chi connectivity index (χ1) is 15.1. The molecule has 168 valence electrons. The van der Waals surface area contributed by atoms with E-state index < -0.39 is 22.5 Å². The standard InChI is InChI=1S/C24H25ClN2O4S/c1-16-5-10-22(31-4)23(14-16)32(29,30)27(21-8-6-19(25)7-9-21)15-24(28)26-20-12-17(2)11-18(3)13-20/h5-14H,15H2,1-4H3,(H,26,28). The Morgan fingerprint density at radius 1 is 0.938 bits per heavy atom. The molecule has 1 N–H and O–H groups in total. The highest BCUT2D eigenvalue weighted by atomic mass is 35.5. The third kappa shape index (κ3) is 5.41. The Bertz CT molecular complexity index is 1220. The lowest BCUT2D eigenvalue weighted by molar-refractivity contribution is -0.114. The zero-order valence-electron chi connectivity index (χ0n) is 18.3. The number of sulfonamides is 1. The predicted molar refractivity (Wildman–Crippen MR) is 128 cm³/mol. The van der Waals surface area contributed by atoms with Crippen LogP contribution in [0.25, 0.3) is 0 Å². The molecule has 32 heavy (non-hydrogen) atoms. The van der Waals surface area contributed by atoms with Crippen molar-refractivity contribution in [1.82, 2.24) is 0 Å². The van der Waals surface area contributed by atoms with Gasteiger partial charge in [-0.15, -0.1) is 0 Å². The van der Waals surface area contributed by atoms with Crippen LogP contribution in [0, 0.1) is 20.8 Å². The maximum Gasteiger partial charge on any atom is 0.268 e. The molecular formula is C24H25ClN2O4S. The summed E-state index contributed by atoms with van der Waals surface area (Å²) in [6.07, 6.45) is 0. The van der Waals surface area contributed by atoms with Crippen LogP contribution in [0.5, 0.6) is 5.75 Å². The minimum absolute atomic E-state index is 0.0193. The highest BCUT2D eigenvalue weighted by Crippen LogP contribution is 2.31. The summed E-state index contributed by atoms with van der Waals surface area (Å²) in [5.74, 6) is -0.274. The summed E-state index contributed by atoms with van der Waals surface area (Å²) >= 11 is 5.99. The van der Waals surface area contributed by atoms with Gasteiger partial charge in [-0.2, -0.15) is 0 Å². The number of nitrogens with zero attached hydrogens (tertiary/aromatic N) is 1. The summed E-state index contributed by atoms with van der Waals surface area (Å²) in [6, 6.07) is 16.8. The second-order valence-corrected chi connectivity index (χ2v) is 9.83. The molecule has 6 nitrogen and oxygen atoms in total. The lowest BCUT2D eigenvalue weighted by Gasteiger charge is -2.25. The van der Waals surface area contributed by atoms with Crippen LogP contribution in [-0.4, -0.2) is 28.0 Å². The summed E-state index contributed by atoms with van der Waals surface area (Å²) in [6.45, 7) is 5.22. The average Bonchev–Trinajstić information content (AvgIpc) is 2.72. The largest absolute Gasteiger partial charge is 0.495 e. The molecule has 0 atom stereocenters. The van der Waals surface area contributed by atoms with Crippen molar-refractivity contribution in [3.63, 3.8) is 0 Å². The molecule has 0 aliphatic rings. The number of ether oxygens (including phenoxy) is 1. The SMILES string of the molecule is COc1ccc(C)cc1S(=O)(=O)N(CC(=O)Nc1cc(C)cc(C)c1)c1ccc(Cl)cc1. The molecule has 0 heterocycles. The first-order valence-corrected chi connectivity index (χ1v) is 11.7. The number of methoxy groups -OCH3 is 1. The Kier molecular flexibility index (Phi) is 7.11. The summed E-state index contributed by atoms with van der Waals surface area (Å²) in [4.78, 5) is 12.9. The highest BCUT2D eigenvalue weighted by Gasteiger charge is 2.30. The lowest BCUT2D eigenvalue weighted by Crippen LogP contribution is -2.38. The van der Waals surface area contributed by atoms with Gasteiger partial charge in [0.2, 0.25) is 5.91 Å². The average molecular weight is 473 g/mol. The Labute approximate surface area is 193 Å². The number of hydrogen-bond acceptors (Lipinski definition) is 4. The van der Waals surface area contributed by atoms with Crippen molar-refractivity contribution in [3.05, 3.63) is 82.4 Å². The Morgan fingerprint density at radius 2 is 1.56 bits per heavy atom. The number of halogens is 1. The van der Waals surface area contributed by atoms with Gasteiger partial charge in [0.05, 0.1) is 12.8 Å². The van der Waals surface area contributed by atoms with Gasteiger partial charge in [-0.05, 0) is 86.0 Å². The smallest absolute Gasteiger partial charge is 0.268 e. The molecule has 0 aliphatic carbocycles. The van der Waals surface area contributed by atoms with Gasteiger partial charge in [0.25, 0.3) is 10.0 Å². The molecule has 0 radical (unpaired) electrons. The molecule has 0 spiro atoms. The molecule has 0 bridgehead atoms. The zero-order chi connectivity index (χ0) is 23.5. The van der Waals surface area contributed by atoms with Crippen LogP contribution in [0.15, 0.2) is 65.6 Å². The molecule has 0 unspecified atom stereocenters. The van der Waals surface area contributed by atoms with Crippen LogP contribution < -0.4 is 14.4 Å². The molecule has 3 aromatic carbocycles. The molecule has 0 aromatic heterocycles. The van der Waals surface area contributed by atoms with Crippen LogP contribution in [0.1, 0.15) is 16.7 Å². The first-order valence-electron chi connectivity index (χ1n) is 9.91. The van der Waals surface area contributed by atoms with E-state index >= 15 is 0 Å². The van der Waals surface area contributed by atoms with Crippen LogP contribution in [0.4, 0.5) is 11.4 Å². The predicted octanol–water partition coefficient (Wildman–Crippen LogP) is 5.11. The van der Waals surface area contributed by atoms with Crippen LogP contribution in [0.3, 0.4) is 0 Å². The van der Waals surface area contributed by atoms with Crippen molar-refractivity contribution >= 4 is 38.9 Å². The minimum atomic E-state index is -4.13. The fraction of sp³-hybridized carbons (Fsp3) is 0.208. The van der Waals surface area contributed by atoms with E-state index in [1.807, 2.05) is 32.0 Å². The van der Waals surface area contributed by atoms with Gasteiger partial charge in [-0.1, -0.05) is 23.7 Å². The van der Waals surface area contributed by atoms with Crippen molar-refractivity contribution in [2.24, 2.45) is 0 Å². The van der Waals surface area contributed by atoms with Gasteiger partial charge < -0.3 is 10.1 Å². The quantitative estimate of drug-likeness (QED) is 0.518. The number of carbonyl (C=O) groups excluding carboxylic acids is 1. The Balaban J connectivity index is 2.01. The zero-order valence-corrected chi connectivity index (χ0v) is 19.9. The van der Waals surface area contributed by atoms with E-state index in [1.165, 1.54) is 13.2 Å². The Morgan fingerprint density at radius 3 is 2.16 bits per heavy atom. The highest BCUT2D eigenvalue weighted by molar-refractivity contribution is 7.93. The van der Waals surface area contributed by atoms with E-state index in [4.69, 9.17) is 16.3 Å². The molecule has 0 saturated heterocycles.